The molecule has 0 saturated heterocycles. The Hall–Kier alpha value is -2.40. The van der Waals surface area contributed by atoms with Crippen LogP contribution < -0.4 is 10.2 Å². The fourth-order valence-corrected chi connectivity index (χ4v) is 3.38. The third-order valence-electron chi connectivity index (χ3n) is 5.01. The highest BCUT2D eigenvalue weighted by Gasteiger charge is 2.08. The fourth-order valence-electron chi connectivity index (χ4n) is 3.17. The maximum absolute atomic E-state index is 10.7. The zero-order valence-electron chi connectivity index (χ0n) is 17.5. The van der Waals surface area contributed by atoms with Crippen LogP contribution in [-0.2, 0) is 11.2 Å². The van der Waals surface area contributed by atoms with Crippen molar-refractivity contribution >= 4 is 29.0 Å². The summed E-state index contributed by atoms with van der Waals surface area (Å²) in [5.74, 6) is -0.768. The first-order valence-corrected chi connectivity index (χ1v) is 10.8. The van der Waals surface area contributed by atoms with Crippen molar-refractivity contribution in [3.05, 3.63) is 54.1 Å². The molecule has 0 atom stereocenters. The van der Waals surface area contributed by atoms with Crippen LogP contribution >= 0.6 is 12.2 Å². The van der Waals surface area contributed by atoms with Crippen molar-refractivity contribution in [2.24, 2.45) is 0 Å². The van der Waals surface area contributed by atoms with E-state index in [2.05, 4.69) is 30.4 Å². The third-order valence-corrected chi connectivity index (χ3v) is 5.43. The Kier molecular flexibility index (Phi) is 9.65. The molecule has 0 bridgehead atoms. The van der Waals surface area contributed by atoms with E-state index in [9.17, 15) is 4.79 Å². The lowest BCUT2D eigenvalue weighted by Gasteiger charge is -2.22. The second-order valence-electron chi connectivity index (χ2n) is 7.35. The van der Waals surface area contributed by atoms with Gasteiger partial charge < -0.3 is 15.3 Å². The van der Waals surface area contributed by atoms with E-state index in [1.807, 2.05) is 42.3 Å². The Labute approximate surface area is 179 Å². The van der Waals surface area contributed by atoms with Gasteiger partial charge in [-0.1, -0.05) is 69.0 Å². The Morgan fingerprint density at radius 2 is 1.76 bits per heavy atom. The number of thiocarbonyl (C=S) groups is 1. The highest BCUT2D eigenvalue weighted by Crippen LogP contribution is 2.25. The molecule has 0 amide bonds. The summed E-state index contributed by atoms with van der Waals surface area (Å²) in [5.41, 5.74) is 4.30. The molecule has 0 aliphatic rings. The third kappa shape index (κ3) is 7.86. The van der Waals surface area contributed by atoms with Gasteiger partial charge in [-0.3, -0.25) is 4.79 Å². The van der Waals surface area contributed by atoms with Gasteiger partial charge in [-0.15, -0.1) is 0 Å². The van der Waals surface area contributed by atoms with Crippen LogP contribution in [0.15, 0.2) is 48.5 Å². The largest absolute Gasteiger partial charge is 0.481 e. The number of aryl methyl sites for hydroxylation is 1. The molecule has 0 unspecified atom stereocenters. The average Bonchev–Trinajstić information content (AvgIpc) is 2.74. The van der Waals surface area contributed by atoms with Gasteiger partial charge in [0, 0.05) is 25.7 Å². The molecule has 156 valence electrons. The second kappa shape index (κ2) is 12.2. The van der Waals surface area contributed by atoms with E-state index in [1.54, 1.807) is 0 Å². The van der Waals surface area contributed by atoms with Gasteiger partial charge in [-0.05, 0) is 53.9 Å². The smallest absolute Gasteiger partial charge is 0.303 e. The summed E-state index contributed by atoms with van der Waals surface area (Å²) in [7, 11) is 1.99. The van der Waals surface area contributed by atoms with Crippen LogP contribution in [0.2, 0.25) is 0 Å². The molecule has 0 radical (unpaired) electrons. The number of anilines is 1. The molecule has 0 fully saturated rings. The van der Waals surface area contributed by atoms with Crippen molar-refractivity contribution in [3.63, 3.8) is 0 Å². The molecule has 2 aromatic carbocycles. The number of aliphatic carboxylic acids is 1. The molecule has 0 heterocycles. The first-order valence-electron chi connectivity index (χ1n) is 10.4. The lowest BCUT2D eigenvalue weighted by Crippen LogP contribution is -2.37. The fraction of sp³-hybridized carbons (Fsp3) is 0.417. The summed E-state index contributed by atoms with van der Waals surface area (Å²) in [5, 5.41) is 12.9. The number of nitrogens with zero attached hydrogens (tertiary/aromatic N) is 1. The lowest BCUT2D eigenvalue weighted by molar-refractivity contribution is -0.136. The molecular formula is C24H32N2O2S. The normalized spacial score (nSPS) is 10.6. The lowest BCUT2D eigenvalue weighted by atomic mass is 10.0. The Bertz CT molecular complexity index is 790. The van der Waals surface area contributed by atoms with Crippen molar-refractivity contribution in [1.29, 1.82) is 0 Å². The SMILES string of the molecule is CCCCCCCNC(=S)N(C)c1cccc(-c2ccc(CCC(=O)O)cc2)c1. The monoisotopic (exact) mass is 412 g/mol. The first-order chi connectivity index (χ1) is 14.0. The van der Waals surface area contributed by atoms with Crippen LogP contribution in [0, 0.1) is 0 Å². The van der Waals surface area contributed by atoms with Crippen LogP contribution in [-0.4, -0.2) is 29.8 Å². The van der Waals surface area contributed by atoms with Crippen molar-refractivity contribution in [1.82, 2.24) is 5.32 Å². The minimum atomic E-state index is -0.768. The van der Waals surface area contributed by atoms with Gasteiger partial charge in [-0.2, -0.15) is 0 Å². The van der Waals surface area contributed by atoms with Crippen molar-refractivity contribution in [3.8, 4) is 11.1 Å². The number of unbranched alkanes of at least 4 members (excludes halogenated alkanes) is 4. The topological polar surface area (TPSA) is 52.6 Å². The summed E-state index contributed by atoms with van der Waals surface area (Å²) < 4.78 is 0. The zero-order chi connectivity index (χ0) is 21.1. The second-order valence-corrected chi connectivity index (χ2v) is 7.73. The average molecular weight is 413 g/mol. The number of hydrogen-bond acceptors (Lipinski definition) is 2. The number of rotatable bonds is 11. The first kappa shape index (κ1) is 22.9. The maximum Gasteiger partial charge on any atom is 0.303 e. The molecule has 2 aromatic rings. The van der Waals surface area contributed by atoms with Crippen LogP contribution in [0.25, 0.3) is 11.1 Å². The summed E-state index contributed by atoms with van der Waals surface area (Å²) in [6.45, 7) is 3.13. The summed E-state index contributed by atoms with van der Waals surface area (Å²) in [6.07, 6.45) is 6.94. The molecular weight excluding hydrogens is 380 g/mol. The van der Waals surface area contributed by atoms with E-state index in [-0.39, 0.29) is 6.42 Å². The standard InChI is InChI=1S/C24H32N2O2S/c1-3-4-5-6-7-17-25-24(29)26(2)22-10-8-9-21(18-22)20-14-11-19(12-15-20)13-16-23(27)28/h8-12,14-15,18H,3-7,13,16-17H2,1-2H3,(H,25,29)(H,27,28). The molecule has 29 heavy (non-hydrogen) atoms. The minimum absolute atomic E-state index is 0.155. The molecule has 4 nitrogen and oxygen atoms in total. The highest BCUT2D eigenvalue weighted by molar-refractivity contribution is 7.80. The maximum atomic E-state index is 10.7. The minimum Gasteiger partial charge on any atom is -0.481 e. The molecule has 2 rings (SSSR count). The molecule has 0 spiro atoms. The van der Waals surface area contributed by atoms with Gasteiger partial charge in [-0.25, -0.2) is 0 Å². The van der Waals surface area contributed by atoms with Crippen LogP contribution in [0.3, 0.4) is 0 Å². The van der Waals surface area contributed by atoms with Crippen molar-refractivity contribution < 1.29 is 9.90 Å². The molecule has 5 heteroatoms. The van der Waals surface area contributed by atoms with E-state index in [0.717, 1.165) is 40.5 Å². The molecule has 2 N–H and O–H groups in total. The Morgan fingerprint density at radius 3 is 2.45 bits per heavy atom. The molecule has 0 saturated carbocycles. The number of carboxylic acids is 1. The van der Waals surface area contributed by atoms with Gasteiger partial charge in [0.2, 0.25) is 0 Å². The van der Waals surface area contributed by atoms with Gasteiger partial charge in [0.15, 0.2) is 5.11 Å². The van der Waals surface area contributed by atoms with Gasteiger partial charge in [0.1, 0.15) is 0 Å². The van der Waals surface area contributed by atoms with E-state index in [4.69, 9.17) is 17.3 Å². The van der Waals surface area contributed by atoms with E-state index >= 15 is 0 Å². The number of carbonyl (C=O) groups is 1. The van der Waals surface area contributed by atoms with Gasteiger partial charge >= 0.3 is 5.97 Å². The predicted molar refractivity (Wildman–Crippen MR) is 126 cm³/mol. The summed E-state index contributed by atoms with van der Waals surface area (Å²) in [6, 6.07) is 16.4. The number of benzene rings is 2. The van der Waals surface area contributed by atoms with Gasteiger partial charge in [0.05, 0.1) is 0 Å². The molecule has 0 aliphatic heterocycles. The predicted octanol–water partition coefficient (Wildman–Crippen LogP) is 5.65. The molecule has 0 aliphatic carbocycles. The van der Waals surface area contributed by atoms with E-state index in [0.29, 0.717) is 6.42 Å². The summed E-state index contributed by atoms with van der Waals surface area (Å²) in [4.78, 5) is 12.7. The number of carboxylic acid groups (broad SMARTS) is 1. The van der Waals surface area contributed by atoms with Gasteiger partial charge in [0.25, 0.3) is 0 Å². The quantitative estimate of drug-likeness (QED) is 0.369. The highest BCUT2D eigenvalue weighted by atomic mass is 32.1. The summed E-state index contributed by atoms with van der Waals surface area (Å²) >= 11 is 5.55. The van der Waals surface area contributed by atoms with Crippen LogP contribution in [0.5, 0.6) is 0 Å². The van der Waals surface area contributed by atoms with Crippen LogP contribution in [0.4, 0.5) is 5.69 Å². The number of nitrogens with one attached hydrogen (secondary N) is 1. The zero-order valence-corrected chi connectivity index (χ0v) is 18.3. The molecule has 0 aromatic heterocycles. The van der Waals surface area contributed by atoms with Crippen molar-refractivity contribution in [2.45, 2.75) is 51.9 Å². The Balaban J connectivity index is 1.94. The van der Waals surface area contributed by atoms with Crippen molar-refractivity contribution in [2.75, 3.05) is 18.5 Å². The van der Waals surface area contributed by atoms with E-state index < -0.39 is 5.97 Å². The Morgan fingerprint density at radius 1 is 1.03 bits per heavy atom. The van der Waals surface area contributed by atoms with Crippen LogP contribution in [0.1, 0.15) is 51.0 Å². The number of hydrogen-bond donors (Lipinski definition) is 2. The van der Waals surface area contributed by atoms with E-state index in [1.165, 1.54) is 25.7 Å².